The first-order valence-corrected chi connectivity index (χ1v) is 11.5. The van der Waals surface area contributed by atoms with E-state index < -0.39 is 12.0 Å². The topological polar surface area (TPSA) is 105 Å². The molecule has 0 spiro atoms. The molecule has 1 heterocycles. The quantitative estimate of drug-likeness (QED) is 0.342. The van der Waals surface area contributed by atoms with Crippen LogP contribution in [0.1, 0.15) is 51.5 Å². The van der Waals surface area contributed by atoms with E-state index in [0.29, 0.717) is 45.0 Å². The summed E-state index contributed by atoms with van der Waals surface area (Å²) in [5.74, 6) is -0.948. The van der Waals surface area contributed by atoms with Crippen molar-refractivity contribution in [3.05, 3.63) is 35.9 Å². The molecule has 1 saturated heterocycles. The number of ether oxygens (including phenoxy) is 2. The van der Waals surface area contributed by atoms with Crippen molar-refractivity contribution in [1.29, 1.82) is 0 Å². The van der Waals surface area contributed by atoms with E-state index in [9.17, 15) is 14.4 Å². The molecule has 0 unspecified atom stereocenters. The number of esters is 1. The molecule has 1 fully saturated rings. The van der Waals surface area contributed by atoms with Crippen LogP contribution < -0.4 is 5.32 Å². The third-order valence-corrected chi connectivity index (χ3v) is 5.87. The summed E-state index contributed by atoms with van der Waals surface area (Å²) in [6, 6.07) is 8.99. The van der Waals surface area contributed by atoms with Gasteiger partial charge in [0.25, 0.3) is 0 Å². The number of carbonyl (C=O) groups excluding carboxylic acids is 2. The summed E-state index contributed by atoms with van der Waals surface area (Å²) >= 11 is 0. The highest BCUT2D eigenvalue weighted by molar-refractivity contribution is 5.85. The van der Waals surface area contributed by atoms with Crippen LogP contribution in [0.5, 0.6) is 0 Å². The fourth-order valence-corrected chi connectivity index (χ4v) is 3.91. The summed E-state index contributed by atoms with van der Waals surface area (Å²) in [4.78, 5) is 37.4. The number of carboxylic acids is 1. The van der Waals surface area contributed by atoms with E-state index >= 15 is 0 Å². The van der Waals surface area contributed by atoms with Crippen molar-refractivity contribution in [2.45, 2.75) is 58.6 Å². The third-order valence-electron chi connectivity index (χ3n) is 5.87. The number of aliphatic carboxylic acids is 1. The van der Waals surface area contributed by atoms with Crippen LogP contribution in [0, 0.1) is 11.8 Å². The van der Waals surface area contributed by atoms with E-state index in [1.54, 1.807) is 18.7 Å². The van der Waals surface area contributed by atoms with Crippen molar-refractivity contribution in [2.24, 2.45) is 11.8 Å². The van der Waals surface area contributed by atoms with Gasteiger partial charge in [-0.25, -0.2) is 4.79 Å². The number of carbonyl (C=O) groups is 3. The zero-order valence-corrected chi connectivity index (χ0v) is 20.4. The number of piperidine rings is 1. The van der Waals surface area contributed by atoms with E-state index in [4.69, 9.17) is 14.6 Å². The molecule has 33 heavy (non-hydrogen) atoms. The molecule has 0 bridgehead atoms. The zero-order valence-electron chi connectivity index (χ0n) is 19.5. The number of nitrogens with zero attached hydrogens (tertiary/aromatic N) is 1. The Hall–Kier alpha value is -2.32. The Bertz CT molecular complexity index is 725. The first-order chi connectivity index (χ1) is 15.4. The molecular formula is C24H37ClN2O6. The van der Waals surface area contributed by atoms with Gasteiger partial charge < -0.3 is 24.8 Å². The van der Waals surface area contributed by atoms with Crippen LogP contribution in [0.4, 0.5) is 4.79 Å². The van der Waals surface area contributed by atoms with Gasteiger partial charge in [-0.15, -0.1) is 12.4 Å². The molecule has 186 valence electrons. The first kappa shape index (κ1) is 28.7. The van der Waals surface area contributed by atoms with Gasteiger partial charge in [-0.05, 0) is 64.0 Å². The highest BCUT2D eigenvalue weighted by Crippen LogP contribution is 2.28. The molecule has 1 aromatic carbocycles. The lowest BCUT2D eigenvalue weighted by molar-refractivity contribution is -0.149. The van der Waals surface area contributed by atoms with Crippen molar-refractivity contribution < 1.29 is 29.0 Å². The van der Waals surface area contributed by atoms with Crippen LogP contribution in [0.3, 0.4) is 0 Å². The summed E-state index contributed by atoms with van der Waals surface area (Å²) in [5, 5.41) is 11.9. The maximum absolute atomic E-state index is 12.4. The Morgan fingerprint density at radius 1 is 1.15 bits per heavy atom. The Morgan fingerprint density at radius 3 is 2.42 bits per heavy atom. The molecule has 8 nitrogen and oxygen atoms in total. The van der Waals surface area contributed by atoms with Gasteiger partial charge in [0, 0.05) is 13.1 Å². The second-order valence-electron chi connectivity index (χ2n) is 8.31. The maximum Gasteiger partial charge on any atom is 0.410 e. The van der Waals surface area contributed by atoms with Crippen LogP contribution >= 0.6 is 12.4 Å². The summed E-state index contributed by atoms with van der Waals surface area (Å²) in [6.45, 7) is 5.77. The minimum Gasteiger partial charge on any atom is -0.480 e. The summed E-state index contributed by atoms with van der Waals surface area (Å²) in [5.41, 5.74) is 0.959. The largest absolute Gasteiger partial charge is 0.480 e. The number of hydrogen-bond donors (Lipinski definition) is 2. The van der Waals surface area contributed by atoms with Crippen LogP contribution in [-0.4, -0.2) is 60.3 Å². The van der Waals surface area contributed by atoms with Gasteiger partial charge in [-0.2, -0.15) is 0 Å². The van der Waals surface area contributed by atoms with Crippen molar-refractivity contribution in [3.8, 4) is 0 Å². The lowest BCUT2D eigenvalue weighted by Crippen LogP contribution is -2.39. The molecule has 2 N–H and O–H groups in total. The highest BCUT2D eigenvalue weighted by atomic mass is 35.5. The van der Waals surface area contributed by atoms with Crippen LogP contribution in [-0.2, 0) is 25.7 Å². The number of rotatable bonds is 12. The summed E-state index contributed by atoms with van der Waals surface area (Å²) < 4.78 is 10.7. The van der Waals surface area contributed by atoms with Gasteiger partial charge in [0.15, 0.2) is 0 Å². The minimum atomic E-state index is -0.888. The lowest BCUT2D eigenvalue weighted by Gasteiger charge is -2.32. The molecule has 0 aromatic heterocycles. The minimum absolute atomic E-state index is 0. The van der Waals surface area contributed by atoms with Crippen LogP contribution in [0.2, 0.25) is 0 Å². The van der Waals surface area contributed by atoms with Gasteiger partial charge in [-0.3, -0.25) is 9.59 Å². The maximum atomic E-state index is 12.4. The molecule has 0 saturated carbocycles. The van der Waals surface area contributed by atoms with Crippen molar-refractivity contribution >= 4 is 30.4 Å². The molecule has 0 aliphatic carbocycles. The van der Waals surface area contributed by atoms with E-state index in [0.717, 1.165) is 24.8 Å². The number of carboxylic acid groups (broad SMARTS) is 1. The Kier molecular flexibility index (Phi) is 13.5. The molecule has 1 aliphatic rings. The Labute approximate surface area is 202 Å². The first-order valence-electron chi connectivity index (χ1n) is 11.5. The van der Waals surface area contributed by atoms with Gasteiger partial charge in [-0.1, -0.05) is 30.3 Å². The third kappa shape index (κ3) is 10.4. The van der Waals surface area contributed by atoms with Gasteiger partial charge in [0.05, 0.1) is 12.5 Å². The number of nitrogens with one attached hydrogen (secondary N) is 1. The SMILES string of the molecule is CCOC(=O)[C@@H](CCCN[C@@H](C)C(=O)O)CC1CCN(C(=O)OCc2ccccc2)CC1.Cl. The fourth-order valence-electron chi connectivity index (χ4n) is 3.91. The van der Waals surface area contributed by atoms with Crippen LogP contribution in [0.15, 0.2) is 30.3 Å². The number of likely N-dealkylation sites (tertiary alicyclic amines) is 1. The lowest BCUT2D eigenvalue weighted by atomic mass is 9.85. The average molecular weight is 485 g/mol. The number of benzene rings is 1. The fraction of sp³-hybridized carbons (Fsp3) is 0.625. The van der Waals surface area contributed by atoms with Crippen molar-refractivity contribution in [1.82, 2.24) is 10.2 Å². The zero-order chi connectivity index (χ0) is 23.3. The molecule has 0 radical (unpaired) electrons. The van der Waals surface area contributed by atoms with Crippen LogP contribution in [0.25, 0.3) is 0 Å². The predicted molar refractivity (Wildman–Crippen MR) is 127 cm³/mol. The Balaban J connectivity index is 0.00000544. The average Bonchev–Trinajstić information content (AvgIpc) is 2.80. The van der Waals surface area contributed by atoms with Gasteiger partial charge >= 0.3 is 18.0 Å². The monoisotopic (exact) mass is 484 g/mol. The number of hydrogen-bond acceptors (Lipinski definition) is 6. The summed E-state index contributed by atoms with van der Waals surface area (Å²) in [7, 11) is 0. The van der Waals surface area contributed by atoms with Crippen molar-refractivity contribution in [2.75, 3.05) is 26.2 Å². The molecule has 2 atom stereocenters. The number of halogens is 1. The predicted octanol–water partition coefficient (Wildman–Crippen LogP) is 3.87. The molecule has 2 rings (SSSR count). The second-order valence-corrected chi connectivity index (χ2v) is 8.31. The Morgan fingerprint density at radius 2 is 1.82 bits per heavy atom. The summed E-state index contributed by atoms with van der Waals surface area (Å²) in [6.07, 6.45) is 3.42. The molecular weight excluding hydrogens is 448 g/mol. The normalized spacial score (nSPS) is 15.8. The highest BCUT2D eigenvalue weighted by Gasteiger charge is 2.29. The van der Waals surface area contributed by atoms with E-state index in [2.05, 4.69) is 5.32 Å². The number of amides is 1. The van der Waals surface area contributed by atoms with Gasteiger partial charge in [0.1, 0.15) is 12.6 Å². The van der Waals surface area contributed by atoms with E-state index in [1.165, 1.54) is 0 Å². The van der Waals surface area contributed by atoms with Crippen molar-refractivity contribution in [3.63, 3.8) is 0 Å². The standard InChI is InChI=1S/C24H36N2O6.ClH/c1-3-31-23(29)21(10-7-13-25-18(2)22(27)28)16-19-11-14-26(15-12-19)24(30)32-17-20-8-5-4-6-9-20;/h4-6,8-9,18-19,21,25H,3,7,10-17H2,1-2H3,(H,27,28);1H/t18-,21-;/m0./s1. The molecule has 1 aromatic rings. The van der Waals surface area contributed by atoms with E-state index in [-0.39, 0.29) is 37.0 Å². The van der Waals surface area contributed by atoms with E-state index in [1.807, 2.05) is 30.3 Å². The molecule has 1 aliphatic heterocycles. The van der Waals surface area contributed by atoms with Gasteiger partial charge in [0.2, 0.25) is 0 Å². The molecule has 1 amide bonds. The molecule has 9 heteroatoms. The smallest absolute Gasteiger partial charge is 0.410 e. The second kappa shape index (κ2) is 15.5.